The molecule has 0 unspecified atom stereocenters. The average molecular weight is 397 g/mol. The van der Waals surface area contributed by atoms with Crippen LogP contribution >= 0.6 is 0 Å². The number of amides is 3. The number of urea groups is 1. The Labute approximate surface area is 171 Å². The number of hydrogen-bond acceptors (Lipinski definition) is 2. The molecule has 0 radical (unpaired) electrons. The summed E-state index contributed by atoms with van der Waals surface area (Å²) in [6.45, 7) is 7.19. The molecule has 29 heavy (non-hydrogen) atoms. The van der Waals surface area contributed by atoms with E-state index in [0.717, 1.165) is 35.2 Å². The summed E-state index contributed by atoms with van der Waals surface area (Å²) in [5.41, 5.74) is 3.12. The summed E-state index contributed by atoms with van der Waals surface area (Å²) in [5.74, 6) is -0.393. The van der Waals surface area contributed by atoms with E-state index in [-0.39, 0.29) is 17.8 Å². The summed E-state index contributed by atoms with van der Waals surface area (Å²) in [4.78, 5) is 27.3. The molecule has 1 heterocycles. The monoisotopic (exact) mass is 397 g/mol. The number of carbonyl (C=O) groups is 2. The molecule has 2 N–H and O–H groups in total. The van der Waals surface area contributed by atoms with Crippen LogP contribution in [-0.4, -0.2) is 29.9 Å². The first kappa shape index (κ1) is 20.8. The molecule has 154 valence electrons. The largest absolute Gasteiger partial charge is 0.351 e. The fourth-order valence-electron chi connectivity index (χ4n) is 3.74. The maximum Gasteiger partial charge on any atom is 0.321 e. The van der Waals surface area contributed by atoms with Gasteiger partial charge in [-0.05, 0) is 62.9 Å². The molecule has 1 atom stereocenters. The third kappa shape index (κ3) is 5.13. The number of hydrogen-bond donors (Lipinski definition) is 2. The second kappa shape index (κ2) is 8.64. The van der Waals surface area contributed by atoms with Crippen molar-refractivity contribution in [3.05, 3.63) is 65.0 Å². The minimum absolute atomic E-state index is 0.0918. The van der Waals surface area contributed by atoms with E-state index in [1.54, 1.807) is 17.0 Å². The van der Waals surface area contributed by atoms with Crippen molar-refractivity contribution in [3.63, 3.8) is 0 Å². The van der Waals surface area contributed by atoms with Crippen LogP contribution in [0.15, 0.2) is 42.5 Å². The van der Waals surface area contributed by atoms with Gasteiger partial charge in [-0.3, -0.25) is 4.79 Å². The van der Waals surface area contributed by atoms with Crippen molar-refractivity contribution < 1.29 is 14.0 Å². The Balaban J connectivity index is 1.60. The zero-order chi connectivity index (χ0) is 21.0. The first-order valence-electron chi connectivity index (χ1n) is 9.93. The summed E-state index contributed by atoms with van der Waals surface area (Å²) >= 11 is 0. The van der Waals surface area contributed by atoms with E-state index in [1.807, 2.05) is 39.0 Å². The quantitative estimate of drug-likeness (QED) is 0.804. The topological polar surface area (TPSA) is 61.4 Å². The van der Waals surface area contributed by atoms with E-state index >= 15 is 0 Å². The summed E-state index contributed by atoms with van der Waals surface area (Å²) in [7, 11) is 0. The van der Waals surface area contributed by atoms with Crippen molar-refractivity contribution in [3.8, 4) is 0 Å². The highest BCUT2D eigenvalue weighted by atomic mass is 19.1. The molecule has 1 aliphatic heterocycles. The Morgan fingerprint density at radius 1 is 1.14 bits per heavy atom. The van der Waals surface area contributed by atoms with Crippen LogP contribution in [0.25, 0.3) is 0 Å². The fraction of sp³-hybridized carbons (Fsp3) is 0.391. The normalized spacial score (nSPS) is 19.0. The van der Waals surface area contributed by atoms with Gasteiger partial charge in [0.25, 0.3) is 0 Å². The van der Waals surface area contributed by atoms with Crippen molar-refractivity contribution in [1.29, 1.82) is 0 Å². The number of anilines is 1. The molecular formula is C23H28FN3O2. The lowest BCUT2D eigenvalue weighted by atomic mass is 9.81. The number of nitrogens with one attached hydrogen (secondary N) is 2. The van der Waals surface area contributed by atoms with Crippen molar-refractivity contribution >= 4 is 17.6 Å². The van der Waals surface area contributed by atoms with Crippen LogP contribution in [0.1, 0.15) is 36.5 Å². The summed E-state index contributed by atoms with van der Waals surface area (Å²) in [6, 6.07) is 11.8. The molecule has 0 bridgehead atoms. The van der Waals surface area contributed by atoms with Crippen molar-refractivity contribution in [1.82, 2.24) is 10.2 Å². The van der Waals surface area contributed by atoms with Crippen LogP contribution in [0.4, 0.5) is 14.9 Å². The molecule has 3 amide bonds. The van der Waals surface area contributed by atoms with E-state index in [9.17, 15) is 14.0 Å². The van der Waals surface area contributed by atoms with Gasteiger partial charge < -0.3 is 15.5 Å². The smallest absolute Gasteiger partial charge is 0.321 e. The molecule has 6 heteroatoms. The van der Waals surface area contributed by atoms with E-state index < -0.39 is 5.41 Å². The van der Waals surface area contributed by atoms with Gasteiger partial charge in [0.15, 0.2) is 0 Å². The van der Waals surface area contributed by atoms with Gasteiger partial charge in [0, 0.05) is 25.3 Å². The number of nitrogens with zero attached hydrogens (tertiary/aromatic N) is 1. The lowest BCUT2D eigenvalue weighted by Crippen LogP contribution is -2.52. The molecule has 2 aromatic carbocycles. The highest BCUT2D eigenvalue weighted by Gasteiger charge is 2.39. The lowest BCUT2D eigenvalue weighted by Gasteiger charge is -2.39. The van der Waals surface area contributed by atoms with Crippen LogP contribution in [0.2, 0.25) is 0 Å². The number of likely N-dealkylation sites (tertiary alicyclic amines) is 1. The average Bonchev–Trinajstić information content (AvgIpc) is 2.69. The summed E-state index contributed by atoms with van der Waals surface area (Å²) < 4.78 is 13.0. The number of halogens is 1. The van der Waals surface area contributed by atoms with E-state index in [2.05, 4.69) is 10.6 Å². The van der Waals surface area contributed by atoms with Crippen LogP contribution in [0.5, 0.6) is 0 Å². The Morgan fingerprint density at radius 2 is 1.86 bits per heavy atom. The molecule has 3 rings (SSSR count). The molecule has 1 aliphatic rings. The number of aryl methyl sites for hydroxylation is 2. The molecular weight excluding hydrogens is 369 g/mol. The van der Waals surface area contributed by atoms with Crippen LogP contribution in [-0.2, 0) is 11.3 Å². The standard InChI is InChI=1S/C23H28FN3O2/c1-16-5-10-20(17(2)13-16)26-22(29)27-12-4-11-23(3,15-27)21(28)25-14-18-6-8-19(24)9-7-18/h5-10,13H,4,11-12,14-15H2,1-3H3,(H,25,28)(H,26,29)/t23-/m0/s1. The molecule has 1 fully saturated rings. The molecule has 0 aromatic heterocycles. The van der Waals surface area contributed by atoms with Gasteiger partial charge >= 0.3 is 6.03 Å². The molecule has 0 saturated carbocycles. The third-order valence-corrected chi connectivity index (χ3v) is 5.52. The predicted molar refractivity (Wildman–Crippen MR) is 112 cm³/mol. The Morgan fingerprint density at radius 3 is 2.55 bits per heavy atom. The zero-order valence-corrected chi connectivity index (χ0v) is 17.2. The highest BCUT2D eigenvalue weighted by Crippen LogP contribution is 2.30. The van der Waals surface area contributed by atoms with Crippen LogP contribution < -0.4 is 10.6 Å². The lowest BCUT2D eigenvalue weighted by molar-refractivity contribution is -0.132. The zero-order valence-electron chi connectivity index (χ0n) is 17.2. The van der Waals surface area contributed by atoms with Gasteiger partial charge in [0.2, 0.25) is 5.91 Å². The summed E-state index contributed by atoms with van der Waals surface area (Å²) in [6.07, 6.45) is 1.48. The molecule has 5 nitrogen and oxygen atoms in total. The van der Waals surface area contributed by atoms with Gasteiger partial charge in [-0.15, -0.1) is 0 Å². The number of piperidine rings is 1. The molecule has 0 aliphatic carbocycles. The van der Waals surface area contributed by atoms with Crippen LogP contribution in [0.3, 0.4) is 0 Å². The second-order valence-electron chi connectivity index (χ2n) is 8.14. The maximum absolute atomic E-state index is 13.0. The number of rotatable bonds is 4. The van der Waals surface area contributed by atoms with Crippen LogP contribution in [0, 0.1) is 25.1 Å². The Kier molecular flexibility index (Phi) is 6.20. The number of carbonyl (C=O) groups excluding carboxylic acids is 2. The minimum atomic E-state index is -0.655. The second-order valence-corrected chi connectivity index (χ2v) is 8.14. The maximum atomic E-state index is 13.0. The van der Waals surface area contributed by atoms with E-state index in [4.69, 9.17) is 0 Å². The third-order valence-electron chi connectivity index (χ3n) is 5.52. The SMILES string of the molecule is Cc1ccc(NC(=O)N2CCC[C@](C)(C(=O)NCc3ccc(F)cc3)C2)c(C)c1. The fourth-order valence-corrected chi connectivity index (χ4v) is 3.74. The highest BCUT2D eigenvalue weighted by molar-refractivity contribution is 5.91. The van der Waals surface area contributed by atoms with Gasteiger partial charge in [0.1, 0.15) is 5.82 Å². The van der Waals surface area contributed by atoms with Gasteiger partial charge in [-0.2, -0.15) is 0 Å². The van der Waals surface area contributed by atoms with Crippen molar-refractivity contribution in [2.45, 2.75) is 40.2 Å². The first-order valence-corrected chi connectivity index (χ1v) is 9.93. The minimum Gasteiger partial charge on any atom is -0.351 e. The van der Waals surface area contributed by atoms with Crippen molar-refractivity contribution in [2.75, 3.05) is 18.4 Å². The first-order chi connectivity index (χ1) is 13.8. The van der Waals surface area contributed by atoms with Gasteiger partial charge in [0.05, 0.1) is 5.41 Å². The van der Waals surface area contributed by atoms with E-state index in [1.165, 1.54) is 12.1 Å². The van der Waals surface area contributed by atoms with Gasteiger partial charge in [-0.25, -0.2) is 9.18 Å². The van der Waals surface area contributed by atoms with Crippen molar-refractivity contribution in [2.24, 2.45) is 5.41 Å². The molecule has 1 saturated heterocycles. The van der Waals surface area contributed by atoms with E-state index in [0.29, 0.717) is 19.6 Å². The van der Waals surface area contributed by atoms with Gasteiger partial charge in [-0.1, -0.05) is 29.8 Å². The predicted octanol–water partition coefficient (Wildman–Crippen LogP) is 4.39. The summed E-state index contributed by atoms with van der Waals surface area (Å²) in [5, 5.41) is 5.90. The Hall–Kier alpha value is -2.89. The Bertz CT molecular complexity index is 897. The molecule has 2 aromatic rings. The number of benzene rings is 2. The molecule has 0 spiro atoms.